The molecular formula is C33H27NO. The van der Waals surface area contributed by atoms with Crippen molar-refractivity contribution in [1.29, 1.82) is 0 Å². The van der Waals surface area contributed by atoms with Crippen molar-refractivity contribution in [3.8, 4) is 0 Å². The van der Waals surface area contributed by atoms with Gasteiger partial charge in [0.2, 0.25) is 0 Å². The van der Waals surface area contributed by atoms with Gasteiger partial charge in [-0.1, -0.05) is 84.9 Å². The lowest BCUT2D eigenvalue weighted by Gasteiger charge is -2.29. The third-order valence-corrected chi connectivity index (χ3v) is 7.10. The van der Waals surface area contributed by atoms with Crippen LogP contribution in [0.25, 0.3) is 32.3 Å². The predicted octanol–water partition coefficient (Wildman–Crippen LogP) is 8.73. The highest BCUT2D eigenvalue weighted by molar-refractivity contribution is 6.06. The minimum atomic E-state index is 0.0333. The SMILES string of the molecule is Cc1ccc(N(c2ccc3c(CO)cccc3c2)c2ccc(C)c3ccccc23)c2ccccc12. The smallest absolute Gasteiger partial charge is 0.0687 e. The lowest BCUT2D eigenvalue weighted by atomic mass is 9.98. The largest absolute Gasteiger partial charge is 0.392 e. The molecule has 0 saturated heterocycles. The van der Waals surface area contributed by atoms with Crippen molar-refractivity contribution >= 4 is 49.4 Å². The number of aryl methyl sites for hydroxylation is 2. The molecule has 0 aliphatic carbocycles. The molecule has 0 aliphatic rings. The number of nitrogens with zero attached hydrogens (tertiary/aromatic N) is 1. The summed E-state index contributed by atoms with van der Waals surface area (Å²) < 4.78 is 0. The van der Waals surface area contributed by atoms with Crippen LogP contribution in [0.5, 0.6) is 0 Å². The van der Waals surface area contributed by atoms with Crippen molar-refractivity contribution in [3.63, 3.8) is 0 Å². The van der Waals surface area contributed by atoms with Crippen LogP contribution in [0.1, 0.15) is 16.7 Å². The maximum Gasteiger partial charge on any atom is 0.0687 e. The fraction of sp³-hybridized carbons (Fsp3) is 0.0909. The Morgan fingerprint density at radius 2 is 1.11 bits per heavy atom. The van der Waals surface area contributed by atoms with Crippen molar-refractivity contribution in [3.05, 3.63) is 126 Å². The molecule has 0 bridgehead atoms. The van der Waals surface area contributed by atoms with Gasteiger partial charge in [-0.05, 0) is 76.3 Å². The van der Waals surface area contributed by atoms with Crippen molar-refractivity contribution in [2.45, 2.75) is 20.5 Å². The Morgan fingerprint density at radius 1 is 0.543 bits per heavy atom. The molecule has 6 aromatic rings. The summed E-state index contributed by atoms with van der Waals surface area (Å²) in [6.07, 6.45) is 0. The minimum absolute atomic E-state index is 0.0333. The van der Waals surface area contributed by atoms with Crippen LogP contribution in [0.15, 0.2) is 109 Å². The van der Waals surface area contributed by atoms with E-state index in [1.807, 2.05) is 12.1 Å². The lowest BCUT2D eigenvalue weighted by molar-refractivity contribution is 0.283. The molecule has 0 aromatic heterocycles. The molecule has 2 nitrogen and oxygen atoms in total. The highest BCUT2D eigenvalue weighted by Gasteiger charge is 2.19. The first-order valence-corrected chi connectivity index (χ1v) is 12.0. The summed E-state index contributed by atoms with van der Waals surface area (Å²) >= 11 is 0. The molecule has 6 rings (SSSR count). The quantitative estimate of drug-likeness (QED) is 0.288. The molecule has 2 heteroatoms. The molecule has 35 heavy (non-hydrogen) atoms. The Morgan fingerprint density at radius 3 is 1.69 bits per heavy atom. The van der Waals surface area contributed by atoms with E-state index >= 15 is 0 Å². The maximum absolute atomic E-state index is 9.85. The van der Waals surface area contributed by atoms with E-state index in [0.29, 0.717) is 0 Å². The maximum atomic E-state index is 9.85. The van der Waals surface area contributed by atoms with E-state index < -0.39 is 0 Å². The molecule has 0 radical (unpaired) electrons. The highest BCUT2D eigenvalue weighted by atomic mass is 16.3. The number of benzene rings is 6. The topological polar surface area (TPSA) is 23.5 Å². The Bertz CT molecular complexity index is 1630. The predicted molar refractivity (Wildman–Crippen MR) is 149 cm³/mol. The van der Waals surface area contributed by atoms with E-state index in [2.05, 4.69) is 116 Å². The first kappa shape index (κ1) is 21.4. The van der Waals surface area contributed by atoms with Gasteiger partial charge in [0.15, 0.2) is 0 Å². The molecule has 0 amide bonds. The van der Waals surface area contributed by atoms with Crippen LogP contribution in [-0.4, -0.2) is 5.11 Å². The summed E-state index contributed by atoms with van der Waals surface area (Å²) in [6, 6.07) is 38.8. The molecular weight excluding hydrogens is 426 g/mol. The molecule has 6 aromatic carbocycles. The zero-order valence-electron chi connectivity index (χ0n) is 20.0. The molecule has 0 saturated carbocycles. The third kappa shape index (κ3) is 3.54. The average Bonchev–Trinajstić information content (AvgIpc) is 2.91. The van der Waals surface area contributed by atoms with Gasteiger partial charge in [-0.2, -0.15) is 0 Å². The number of rotatable bonds is 4. The normalized spacial score (nSPS) is 11.4. The number of anilines is 3. The van der Waals surface area contributed by atoms with E-state index in [-0.39, 0.29) is 6.61 Å². The van der Waals surface area contributed by atoms with Crippen LogP contribution in [0.3, 0.4) is 0 Å². The van der Waals surface area contributed by atoms with E-state index in [1.165, 1.54) is 32.7 Å². The van der Waals surface area contributed by atoms with Crippen LogP contribution < -0.4 is 4.90 Å². The molecule has 170 valence electrons. The molecule has 0 aliphatic heterocycles. The Labute approximate surface area is 205 Å². The highest BCUT2D eigenvalue weighted by Crippen LogP contribution is 2.43. The number of aliphatic hydroxyl groups is 1. The van der Waals surface area contributed by atoms with Gasteiger partial charge in [0.05, 0.1) is 18.0 Å². The van der Waals surface area contributed by atoms with E-state index in [4.69, 9.17) is 0 Å². The van der Waals surface area contributed by atoms with Crippen molar-refractivity contribution in [1.82, 2.24) is 0 Å². The Balaban J connectivity index is 1.69. The first-order valence-electron chi connectivity index (χ1n) is 12.0. The summed E-state index contributed by atoms with van der Waals surface area (Å²) in [7, 11) is 0. The van der Waals surface area contributed by atoms with Gasteiger partial charge < -0.3 is 10.0 Å². The molecule has 0 heterocycles. The molecule has 1 N–H and O–H groups in total. The summed E-state index contributed by atoms with van der Waals surface area (Å²) in [6.45, 7) is 4.37. The first-order chi connectivity index (χ1) is 17.2. The monoisotopic (exact) mass is 453 g/mol. The van der Waals surface area contributed by atoms with Crippen LogP contribution >= 0.6 is 0 Å². The number of hydrogen-bond acceptors (Lipinski definition) is 2. The van der Waals surface area contributed by atoms with Gasteiger partial charge in [-0.3, -0.25) is 0 Å². The van der Waals surface area contributed by atoms with Crippen LogP contribution in [0, 0.1) is 13.8 Å². The summed E-state index contributed by atoms with van der Waals surface area (Å²) in [4.78, 5) is 2.38. The van der Waals surface area contributed by atoms with Gasteiger partial charge in [-0.15, -0.1) is 0 Å². The van der Waals surface area contributed by atoms with Gasteiger partial charge >= 0.3 is 0 Å². The van der Waals surface area contributed by atoms with Crippen LogP contribution in [0.2, 0.25) is 0 Å². The zero-order chi connectivity index (χ0) is 23.9. The van der Waals surface area contributed by atoms with Gasteiger partial charge in [0.1, 0.15) is 0 Å². The number of hydrogen-bond donors (Lipinski definition) is 1. The average molecular weight is 454 g/mol. The molecule has 0 spiro atoms. The van der Waals surface area contributed by atoms with E-state index in [1.54, 1.807) is 0 Å². The minimum Gasteiger partial charge on any atom is -0.392 e. The van der Waals surface area contributed by atoms with Crippen LogP contribution in [0.4, 0.5) is 17.1 Å². The fourth-order valence-electron chi connectivity index (χ4n) is 5.28. The molecule has 0 atom stereocenters. The third-order valence-electron chi connectivity index (χ3n) is 7.10. The Kier molecular flexibility index (Phi) is 5.24. The second-order valence-electron chi connectivity index (χ2n) is 9.21. The standard InChI is InChI=1S/C33H27NO/c1-22-14-18-32(30-12-5-3-10-27(22)30)34(33-19-15-23(2)28-11-4-6-13-31(28)33)26-16-17-29-24(20-26)8-7-9-25(29)21-35/h3-20,35H,21H2,1-2H3. The lowest BCUT2D eigenvalue weighted by Crippen LogP contribution is -2.11. The Hall–Kier alpha value is -4.14. The second kappa shape index (κ2) is 8.57. The van der Waals surface area contributed by atoms with Gasteiger partial charge in [-0.25, -0.2) is 0 Å². The van der Waals surface area contributed by atoms with Crippen molar-refractivity contribution in [2.24, 2.45) is 0 Å². The summed E-state index contributed by atoms with van der Waals surface area (Å²) in [5, 5.41) is 17.0. The van der Waals surface area contributed by atoms with E-state index in [0.717, 1.165) is 33.4 Å². The molecule has 0 fully saturated rings. The van der Waals surface area contributed by atoms with Gasteiger partial charge in [0.25, 0.3) is 0 Å². The number of aliphatic hydroxyl groups excluding tert-OH is 1. The van der Waals surface area contributed by atoms with Crippen LogP contribution in [-0.2, 0) is 6.61 Å². The summed E-state index contributed by atoms with van der Waals surface area (Å²) in [5.41, 5.74) is 6.88. The van der Waals surface area contributed by atoms with Crippen molar-refractivity contribution in [2.75, 3.05) is 4.90 Å². The molecule has 0 unspecified atom stereocenters. The number of fused-ring (bicyclic) bond motifs is 3. The fourth-order valence-corrected chi connectivity index (χ4v) is 5.28. The second-order valence-corrected chi connectivity index (χ2v) is 9.21. The van der Waals surface area contributed by atoms with Crippen molar-refractivity contribution < 1.29 is 5.11 Å². The summed E-state index contributed by atoms with van der Waals surface area (Å²) in [5.74, 6) is 0. The zero-order valence-corrected chi connectivity index (χ0v) is 20.0. The van der Waals surface area contributed by atoms with Gasteiger partial charge in [0, 0.05) is 16.5 Å². The van der Waals surface area contributed by atoms with E-state index in [9.17, 15) is 5.11 Å².